The van der Waals surface area contributed by atoms with Crippen molar-refractivity contribution in [3.63, 3.8) is 0 Å². The molecule has 0 radical (unpaired) electrons. The number of amides is 4. The number of hydrogen-bond donors (Lipinski definition) is 1. The molecule has 3 aromatic rings. The van der Waals surface area contributed by atoms with Crippen molar-refractivity contribution in [1.29, 1.82) is 0 Å². The molecule has 4 aliphatic carbocycles. The largest absolute Gasteiger partial charge is 0.490 e. The maximum absolute atomic E-state index is 13.8. The van der Waals surface area contributed by atoms with Gasteiger partial charge in [0.05, 0.1) is 12.3 Å². The van der Waals surface area contributed by atoms with Gasteiger partial charge >= 0.3 is 6.03 Å². The highest BCUT2D eigenvalue weighted by atomic mass is 35.5. The third-order valence-corrected chi connectivity index (χ3v) is 10.7. The van der Waals surface area contributed by atoms with Crippen molar-refractivity contribution >= 4 is 41.2 Å². The zero-order chi connectivity index (χ0) is 32.7. The molecule has 5 aliphatic rings. The molecule has 4 bridgehead atoms. The molecule has 1 saturated heterocycles. The van der Waals surface area contributed by atoms with Crippen LogP contribution >= 0.6 is 11.6 Å². The van der Waals surface area contributed by atoms with E-state index in [1.54, 1.807) is 12.1 Å². The number of nitrogens with one attached hydrogen (secondary N) is 1. The van der Waals surface area contributed by atoms with Crippen molar-refractivity contribution in [3.8, 4) is 11.5 Å². The van der Waals surface area contributed by atoms with E-state index in [0.717, 1.165) is 33.8 Å². The normalized spacial score (nSPS) is 25.7. The Hall–Kier alpha value is -4.36. The number of imide groups is 2. The van der Waals surface area contributed by atoms with Gasteiger partial charge in [0.2, 0.25) is 0 Å². The van der Waals surface area contributed by atoms with Crippen molar-refractivity contribution in [3.05, 3.63) is 106 Å². The van der Waals surface area contributed by atoms with E-state index in [0.29, 0.717) is 40.8 Å². The summed E-state index contributed by atoms with van der Waals surface area (Å²) in [4.78, 5) is 41.0. The first-order valence-corrected chi connectivity index (χ1v) is 16.9. The van der Waals surface area contributed by atoms with Crippen molar-refractivity contribution in [2.75, 3.05) is 11.5 Å². The Bertz CT molecular complexity index is 1740. The molecule has 0 aromatic heterocycles. The zero-order valence-electron chi connectivity index (χ0n) is 26.6. The van der Waals surface area contributed by atoms with Crippen LogP contribution in [0.4, 0.5) is 10.5 Å². The number of allylic oxidation sites excluding steroid dienone is 1. The van der Waals surface area contributed by atoms with Crippen LogP contribution in [-0.4, -0.2) is 24.5 Å². The van der Waals surface area contributed by atoms with Gasteiger partial charge < -0.3 is 9.47 Å². The molecule has 5 fully saturated rings. The number of anilines is 1. The number of barbiturate groups is 1. The van der Waals surface area contributed by atoms with Crippen LogP contribution in [0, 0.1) is 17.8 Å². The van der Waals surface area contributed by atoms with Crippen LogP contribution in [-0.2, 0) is 28.0 Å². The summed E-state index contributed by atoms with van der Waals surface area (Å²) >= 11 is 6.36. The predicted octanol–water partition coefficient (Wildman–Crippen LogP) is 8.18. The Kier molecular flexibility index (Phi) is 8.43. The summed E-state index contributed by atoms with van der Waals surface area (Å²) in [5, 5.41) is 2.96. The maximum atomic E-state index is 13.8. The van der Waals surface area contributed by atoms with E-state index in [2.05, 4.69) is 24.0 Å². The molecule has 3 aromatic carbocycles. The van der Waals surface area contributed by atoms with E-state index in [4.69, 9.17) is 21.1 Å². The number of carbonyl (C=O) groups is 3. The summed E-state index contributed by atoms with van der Waals surface area (Å²) in [5.41, 5.74) is 3.94. The molecule has 1 heterocycles. The Morgan fingerprint density at radius 3 is 2.26 bits per heavy atom. The van der Waals surface area contributed by atoms with Gasteiger partial charge in [0.1, 0.15) is 12.2 Å². The fourth-order valence-electron chi connectivity index (χ4n) is 8.75. The lowest BCUT2D eigenvalue weighted by molar-refractivity contribution is -0.122. The molecular weight excluding hydrogens is 612 g/mol. The predicted molar refractivity (Wildman–Crippen MR) is 183 cm³/mol. The van der Waals surface area contributed by atoms with Gasteiger partial charge in [-0.25, -0.2) is 9.69 Å². The second-order valence-electron chi connectivity index (χ2n) is 13.5. The van der Waals surface area contributed by atoms with Crippen LogP contribution in [0.25, 0.3) is 6.08 Å². The minimum atomic E-state index is -0.759. The van der Waals surface area contributed by atoms with E-state index >= 15 is 0 Å². The van der Waals surface area contributed by atoms with E-state index in [1.807, 2.05) is 49.4 Å². The molecule has 8 heteroatoms. The van der Waals surface area contributed by atoms with Crippen LogP contribution in [0.5, 0.6) is 11.5 Å². The highest BCUT2D eigenvalue weighted by Crippen LogP contribution is 2.60. The van der Waals surface area contributed by atoms with E-state index in [1.165, 1.54) is 50.2 Å². The Balaban J connectivity index is 1.17. The quantitative estimate of drug-likeness (QED) is 0.136. The summed E-state index contributed by atoms with van der Waals surface area (Å²) in [5.74, 6) is 2.01. The number of nitrogens with zero attached hydrogens (tertiary/aromatic N) is 1. The minimum absolute atomic E-state index is 0.147. The highest BCUT2D eigenvalue weighted by Gasteiger charge is 2.51. The summed E-state index contributed by atoms with van der Waals surface area (Å²) in [7, 11) is 0. The maximum Gasteiger partial charge on any atom is 0.335 e. The summed E-state index contributed by atoms with van der Waals surface area (Å²) in [6.07, 6.45) is 11.5. The molecule has 4 amide bonds. The SMILES string of the molecule is C=CCc1cc(/C=C2\C(=O)NC(=O)N(c3ccc(C45CC6CC(CC(C6)C4)C5)cc3)C2=O)cc(OCC)c1OCc1ccccc1Cl. The molecule has 1 N–H and O–H groups in total. The number of rotatable bonds is 10. The molecule has 47 heavy (non-hydrogen) atoms. The van der Waals surface area contributed by atoms with Crippen LogP contribution < -0.4 is 19.7 Å². The van der Waals surface area contributed by atoms with Crippen molar-refractivity contribution in [2.45, 2.75) is 63.9 Å². The first kappa shape index (κ1) is 31.3. The smallest absolute Gasteiger partial charge is 0.335 e. The molecule has 0 atom stereocenters. The van der Waals surface area contributed by atoms with Gasteiger partial charge in [-0.1, -0.05) is 48.0 Å². The second-order valence-corrected chi connectivity index (χ2v) is 13.9. The summed E-state index contributed by atoms with van der Waals surface area (Å²) in [6, 6.07) is 18.1. The number of hydrogen-bond acceptors (Lipinski definition) is 5. The standard InChI is InChI=1S/C39H39ClN2O5/c1-3-7-28-17-24(19-34(46-4-2)35(28)47-23-29-8-5-6-9-33(29)40)18-32-36(43)41-38(45)42(37(32)44)31-12-10-30(11-13-31)39-20-25-14-26(21-39)16-27(15-25)22-39/h3,5-6,8-13,17-19,25-27H,1,4,7,14-16,20-23H2,2H3,(H,41,43,45)/b32-18+. The van der Waals surface area contributed by atoms with Crippen molar-refractivity contribution in [2.24, 2.45) is 17.8 Å². The minimum Gasteiger partial charge on any atom is -0.490 e. The number of carbonyl (C=O) groups excluding carboxylic acids is 3. The van der Waals surface area contributed by atoms with Crippen molar-refractivity contribution < 1.29 is 23.9 Å². The van der Waals surface area contributed by atoms with Crippen molar-refractivity contribution in [1.82, 2.24) is 5.32 Å². The zero-order valence-corrected chi connectivity index (χ0v) is 27.4. The van der Waals surface area contributed by atoms with Crippen LogP contribution in [0.3, 0.4) is 0 Å². The number of halogens is 1. The third-order valence-electron chi connectivity index (χ3n) is 10.3. The fourth-order valence-corrected chi connectivity index (χ4v) is 8.94. The lowest BCUT2D eigenvalue weighted by atomic mass is 9.48. The average molecular weight is 651 g/mol. The van der Waals surface area contributed by atoms with Crippen LogP contribution in [0.1, 0.15) is 67.7 Å². The number of benzene rings is 3. The molecule has 8 rings (SSSR count). The monoisotopic (exact) mass is 650 g/mol. The highest BCUT2D eigenvalue weighted by molar-refractivity contribution is 6.39. The average Bonchev–Trinajstić information content (AvgIpc) is 3.03. The Labute approximate surface area is 280 Å². The van der Waals surface area contributed by atoms with Gasteiger partial charge in [0.25, 0.3) is 11.8 Å². The van der Waals surface area contributed by atoms with Gasteiger partial charge in [-0.3, -0.25) is 14.9 Å². The molecule has 7 nitrogen and oxygen atoms in total. The number of ether oxygens (including phenoxy) is 2. The van der Waals surface area contributed by atoms with Gasteiger partial charge in [-0.05, 0) is 123 Å². The Morgan fingerprint density at radius 2 is 1.62 bits per heavy atom. The third kappa shape index (κ3) is 5.98. The van der Waals surface area contributed by atoms with Crippen LogP contribution in [0.2, 0.25) is 5.02 Å². The van der Waals surface area contributed by atoms with E-state index < -0.39 is 17.8 Å². The second kappa shape index (κ2) is 12.7. The lowest BCUT2D eigenvalue weighted by Crippen LogP contribution is -2.54. The first-order chi connectivity index (χ1) is 22.8. The molecule has 4 saturated carbocycles. The van der Waals surface area contributed by atoms with E-state index in [9.17, 15) is 14.4 Å². The summed E-state index contributed by atoms with van der Waals surface area (Å²) < 4.78 is 12.2. The van der Waals surface area contributed by atoms with Gasteiger partial charge in [0, 0.05) is 16.1 Å². The lowest BCUT2D eigenvalue weighted by Gasteiger charge is -2.57. The van der Waals surface area contributed by atoms with Gasteiger partial charge in [-0.2, -0.15) is 0 Å². The number of urea groups is 1. The summed E-state index contributed by atoms with van der Waals surface area (Å²) in [6.45, 7) is 6.35. The van der Waals surface area contributed by atoms with Crippen LogP contribution in [0.15, 0.2) is 78.9 Å². The molecule has 0 unspecified atom stereocenters. The molecule has 1 aliphatic heterocycles. The van der Waals surface area contributed by atoms with Gasteiger partial charge in [-0.15, -0.1) is 6.58 Å². The molecule has 242 valence electrons. The van der Waals surface area contributed by atoms with Gasteiger partial charge in [0.15, 0.2) is 11.5 Å². The first-order valence-electron chi connectivity index (χ1n) is 16.6. The topological polar surface area (TPSA) is 84.9 Å². The molecule has 0 spiro atoms. The molecular formula is C39H39ClN2O5. The fraction of sp³-hybridized carbons (Fsp3) is 0.359. The Morgan fingerprint density at radius 1 is 0.936 bits per heavy atom. The van der Waals surface area contributed by atoms with E-state index in [-0.39, 0.29) is 17.6 Å².